The van der Waals surface area contributed by atoms with Crippen LogP contribution < -0.4 is 14.2 Å². The van der Waals surface area contributed by atoms with E-state index in [2.05, 4.69) is 4.98 Å². The van der Waals surface area contributed by atoms with Crippen molar-refractivity contribution in [3.63, 3.8) is 0 Å². The maximum absolute atomic E-state index is 11.9. The summed E-state index contributed by atoms with van der Waals surface area (Å²) in [5, 5.41) is 0. The van der Waals surface area contributed by atoms with Crippen LogP contribution in [0.25, 0.3) is 0 Å². The van der Waals surface area contributed by atoms with Gasteiger partial charge in [-0.3, -0.25) is 0 Å². The first-order valence-corrected chi connectivity index (χ1v) is 6.97. The van der Waals surface area contributed by atoms with Crippen molar-refractivity contribution in [2.75, 3.05) is 19.8 Å². The Balaban J connectivity index is 1.85. The van der Waals surface area contributed by atoms with E-state index in [4.69, 9.17) is 18.9 Å². The van der Waals surface area contributed by atoms with Gasteiger partial charge in [-0.1, -0.05) is 0 Å². The van der Waals surface area contributed by atoms with Gasteiger partial charge in [-0.05, 0) is 31.2 Å². The third-order valence-corrected chi connectivity index (χ3v) is 2.99. The molecule has 6 heteroatoms. The second-order valence-corrected chi connectivity index (χ2v) is 4.48. The van der Waals surface area contributed by atoms with Crippen LogP contribution >= 0.6 is 0 Å². The summed E-state index contributed by atoms with van der Waals surface area (Å²) >= 11 is 0. The molecule has 0 saturated carbocycles. The maximum atomic E-state index is 11.9. The van der Waals surface area contributed by atoms with Crippen molar-refractivity contribution in [1.29, 1.82) is 0 Å². The Bertz CT molecular complexity index is 686. The summed E-state index contributed by atoms with van der Waals surface area (Å²) in [7, 11) is 0. The van der Waals surface area contributed by atoms with Gasteiger partial charge < -0.3 is 18.9 Å². The van der Waals surface area contributed by atoms with Crippen molar-refractivity contribution in [1.82, 2.24) is 4.98 Å². The molecule has 6 nitrogen and oxygen atoms in total. The summed E-state index contributed by atoms with van der Waals surface area (Å²) in [6.45, 7) is 3.06. The third-order valence-electron chi connectivity index (χ3n) is 2.99. The van der Waals surface area contributed by atoms with Crippen molar-refractivity contribution < 1.29 is 23.7 Å². The average Bonchev–Trinajstić information content (AvgIpc) is 2.55. The van der Waals surface area contributed by atoms with Crippen LogP contribution in [0.5, 0.6) is 23.1 Å². The summed E-state index contributed by atoms with van der Waals surface area (Å²) in [5.41, 5.74) is 0.277. The zero-order valence-electron chi connectivity index (χ0n) is 12.1. The number of nitrogens with zero attached hydrogens (tertiary/aromatic N) is 1. The van der Waals surface area contributed by atoms with Crippen molar-refractivity contribution in [3.8, 4) is 23.1 Å². The molecule has 0 fully saturated rings. The largest absolute Gasteiger partial charge is 0.486 e. The van der Waals surface area contributed by atoms with Crippen LogP contribution in [0, 0.1) is 0 Å². The highest BCUT2D eigenvalue weighted by Crippen LogP contribution is 2.35. The number of benzene rings is 1. The molecule has 0 unspecified atom stereocenters. The molecule has 0 N–H and O–H groups in total. The predicted molar refractivity (Wildman–Crippen MR) is 77.7 cm³/mol. The van der Waals surface area contributed by atoms with E-state index < -0.39 is 5.97 Å². The van der Waals surface area contributed by atoms with E-state index in [9.17, 15) is 4.79 Å². The van der Waals surface area contributed by atoms with Gasteiger partial charge in [-0.2, -0.15) is 0 Å². The monoisotopic (exact) mass is 301 g/mol. The van der Waals surface area contributed by atoms with E-state index >= 15 is 0 Å². The number of aromatic nitrogens is 1. The zero-order valence-corrected chi connectivity index (χ0v) is 12.1. The van der Waals surface area contributed by atoms with Gasteiger partial charge in [0.2, 0.25) is 5.88 Å². The highest BCUT2D eigenvalue weighted by molar-refractivity contribution is 5.91. The molecule has 0 spiro atoms. The predicted octanol–water partition coefficient (Wildman–Crippen LogP) is 2.82. The van der Waals surface area contributed by atoms with Crippen molar-refractivity contribution >= 4 is 5.97 Å². The van der Waals surface area contributed by atoms with Gasteiger partial charge in [0.1, 0.15) is 24.5 Å². The van der Waals surface area contributed by atoms with Crippen LogP contribution in [0.1, 0.15) is 17.3 Å². The van der Waals surface area contributed by atoms with Gasteiger partial charge in [-0.25, -0.2) is 9.78 Å². The topological polar surface area (TPSA) is 66.9 Å². The number of rotatable bonds is 4. The molecule has 0 saturated heterocycles. The second kappa shape index (κ2) is 6.34. The fourth-order valence-corrected chi connectivity index (χ4v) is 2.04. The number of hydrogen-bond donors (Lipinski definition) is 0. The molecule has 0 amide bonds. The minimum Gasteiger partial charge on any atom is -0.486 e. The molecule has 2 heterocycles. The quantitative estimate of drug-likeness (QED) is 0.809. The van der Waals surface area contributed by atoms with Gasteiger partial charge in [0.25, 0.3) is 0 Å². The standard InChI is InChI=1S/C16H15NO5/c1-2-19-16(18)12-4-3-7-17-15(12)22-11-5-6-13-14(10-11)21-9-8-20-13/h3-7,10H,2,8-9H2,1H3. The number of carbonyl (C=O) groups excluding carboxylic acids is 1. The van der Waals surface area contributed by atoms with Gasteiger partial charge >= 0.3 is 5.97 Å². The van der Waals surface area contributed by atoms with Gasteiger partial charge in [-0.15, -0.1) is 0 Å². The van der Waals surface area contributed by atoms with E-state index in [1.54, 1.807) is 43.5 Å². The summed E-state index contributed by atoms with van der Waals surface area (Å²) in [6, 6.07) is 8.47. The highest BCUT2D eigenvalue weighted by atomic mass is 16.6. The Morgan fingerprint density at radius 3 is 2.86 bits per heavy atom. The molecule has 22 heavy (non-hydrogen) atoms. The van der Waals surface area contributed by atoms with Crippen molar-refractivity contribution in [2.45, 2.75) is 6.92 Å². The van der Waals surface area contributed by atoms with Crippen molar-refractivity contribution in [2.24, 2.45) is 0 Å². The van der Waals surface area contributed by atoms with E-state index in [0.717, 1.165) is 0 Å². The van der Waals surface area contributed by atoms with Crippen LogP contribution in [0.3, 0.4) is 0 Å². The molecule has 1 aromatic heterocycles. The first-order valence-electron chi connectivity index (χ1n) is 6.97. The summed E-state index contributed by atoms with van der Waals surface area (Å²) in [5.74, 6) is 1.51. The van der Waals surface area contributed by atoms with E-state index in [1.165, 1.54) is 0 Å². The molecule has 2 aromatic rings. The first-order chi connectivity index (χ1) is 10.8. The van der Waals surface area contributed by atoms with Gasteiger partial charge in [0.05, 0.1) is 6.61 Å². The molecule has 0 bridgehead atoms. The molecule has 1 aliphatic rings. The SMILES string of the molecule is CCOC(=O)c1cccnc1Oc1ccc2c(c1)OCCO2. The normalized spacial score (nSPS) is 12.6. The number of carbonyl (C=O) groups is 1. The Kier molecular flexibility index (Phi) is 4.09. The number of hydrogen-bond acceptors (Lipinski definition) is 6. The fraction of sp³-hybridized carbons (Fsp3) is 0.250. The van der Waals surface area contributed by atoms with E-state index in [0.29, 0.717) is 30.5 Å². The smallest absolute Gasteiger partial charge is 0.343 e. The third kappa shape index (κ3) is 2.95. The van der Waals surface area contributed by atoms with Crippen LogP contribution in [0.2, 0.25) is 0 Å². The Hall–Kier alpha value is -2.76. The van der Waals surface area contributed by atoms with Gasteiger partial charge in [0.15, 0.2) is 11.5 Å². The molecule has 3 rings (SSSR count). The van der Waals surface area contributed by atoms with Crippen LogP contribution in [-0.2, 0) is 4.74 Å². The van der Waals surface area contributed by atoms with Crippen LogP contribution in [0.15, 0.2) is 36.5 Å². The molecule has 0 radical (unpaired) electrons. The number of esters is 1. The van der Waals surface area contributed by atoms with Crippen molar-refractivity contribution in [3.05, 3.63) is 42.1 Å². The molecule has 1 aromatic carbocycles. The average molecular weight is 301 g/mol. The second-order valence-electron chi connectivity index (χ2n) is 4.48. The molecular weight excluding hydrogens is 286 g/mol. The number of fused-ring (bicyclic) bond motifs is 1. The Morgan fingerprint density at radius 2 is 2.05 bits per heavy atom. The molecule has 0 atom stereocenters. The molecule has 0 aliphatic carbocycles. The summed E-state index contributed by atoms with van der Waals surface area (Å²) in [6.07, 6.45) is 1.55. The fourth-order valence-electron chi connectivity index (χ4n) is 2.04. The van der Waals surface area contributed by atoms with E-state index in [-0.39, 0.29) is 18.1 Å². The number of pyridine rings is 1. The van der Waals surface area contributed by atoms with E-state index in [1.807, 2.05) is 0 Å². The summed E-state index contributed by atoms with van der Waals surface area (Å²) in [4.78, 5) is 16.0. The molecular formula is C16H15NO5. The van der Waals surface area contributed by atoms with Crippen LogP contribution in [0.4, 0.5) is 0 Å². The highest BCUT2D eigenvalue weighted by Gasteiger charge is 2.17. The minimum absolute atomic E-state index is 0.192. The molecule has 1 aliphatic heterocycles. The van der Waals surface area contributed by atoms with Crippen LogP contribution in [-0.4, -0.2) is 30.8 Å². The lowest BCUT2D eigenvalue weighted by Crippen LogP contribution is -2.15. The maximum Gasteiger partial charge on any atom is 0.343 e. The number of ether oxygens (including phenoxy) is 4. The lowest BCUT2D eigenvalue weighted by Gasteiger charge is -2.19. The lowest BCUT2D eigenvalue weighted by atomic mass is 10.2. The zero-order chi connectivity index (χ0) is 15.4. The minimum atomic E-state index is -0.469. The first kappa shape index (κ1) is 14.2. The Morgan fingerprint density at radius 1 is 1.23 bits per heavy atom. The molecule has 114 valence electrons. The Labute approximate surface area is 127 Å². The van der Waals surface area contributed by atoms with Gasteiger partial charge in [0, 0.05) is 12.3 Å². The lowest BCUT2D eigenvalue weighted by molar-refractivity contribution is 0.0522. The summed E-state index contributed by atoms with van der Waals surface area (Å²) < 4.78 is 21.6.